The summed E-state index contributed by atoms with van der Waals surface area (Å²) in [6, 6.07) is 0. The Morgan fingerprint density at radius 2 is 1.00 bits per heavy atom. The number of hydrogen-bond acceptors (Lipinski definition) is 0. The van der Waals surface area contributed by atoms with E-state index < -0.39 is 0 Å². The zero-order valence-corrected chi connectivity index (χ0v) is 5.72. The Bertz CT molecular complexity index is 12.3. The van der Waals surface area contributed by atoms with Crippen LogP contribution in [0.15, 0.2) is 0 Å². The molecular weight excluding hydrogens is 90.4 g/mol. The Morgan fingerprint density at radius 3 is 1.00 bits per heavy atom. The molecule has 0 aliphatic rings. The molecule has 0 atom stereocenters. The Morgan fingerprint density at radius 1 is 1.00 bits per heavy atom. The van der Waals surface area contributed by atoms with Gasteiger partial charge in [-0.05, 0) is 0 Å². The van der Waals surface area contributed by atoms with Gasteiger partial charge < -0.3 is 5.92 Å². The fourth-order valence-electron chi connectivity index (χ4n) is 0. The Kier molecular flexibility index (Phi) is 24.5. The third-order valence-corrected chi connectivity index (χ3v) is 0. The molecule has 0 saturated carbocycles. The first kappa shape index (κ1) is 15.8. The van der Waals surface area contributed by atoms with Crippen LogP contribution in [0.5, 0.6) is 0 Å². The molecule has 0 aliphatic heterocycles. The largest absolute Gasteiger partial charge is 1.00 e. The molecule has 0 nitrogen and oxygen atoms in total. The van der Waals surface area contributed by atoms with Crippen LogP contribution in [-0.4, -0.2) is 0 Å². The molecule has 0 fully saturated rings. The van der Waals surface area contributed by atoms with Gasteiger partial charge in [-0.3, -0.25) is 0 Å². The van der Waals surface area contributed by atoms with Crippen molar-refractivity contribution in [3.8, 4) is 0 Å². The van der Waals surface area contributed by atoms with Gasteiger partial charge in [0.2, 0.25) is 0 Å². The predicted molar refractivity (Wildman–Crippen MR) is 27.5 cm³/mol. The van der Waals surface area contributed by atoms with Crippen molar-refractivity contribution in [3.05, 3.63) is 5.92 Å². The van der Waals surface area contributed by atoms with Gasteiger partial charge in [0.05, 0.1) is 0 Å². The predicted octanol–water partition coefficient (Wildman–Crippen LogP) is -0.954. The summed E-state index contributed by atoms with van der Waals surface area (Å²) in [6.45, 7) is 6.25. The second-order valence-corrected chi connectivity index (χ2v) is 1.50. The first-order valence-electron chi connectivity index (χ1n) is 1.50. The molecule has 0 N–H and O–H groups in total. The molecule has 0 aliphatic carbocycles. The van der Waals surface area contributed by atoms with E-state index in [0.29, 0.717) is 0 Å². The van der Waals surface area contributed by atoms with Gasteiger partial charge >= 0.3 is 18.9 Å². The molecular formula is C4H10ClLi. The van der Waals surface area contributed by atoms with Crippen molar-refractivity contribution >= 4 is 12.4 Å². The summed E-state index contributed by atoms with van der Waals surface area (Å²) in [5.74, 6) is 1.42. The van der Waals surface area contributed by atoms with Crippen molar-refractivity contribution in [2.24, 2.45) is 0 Å². The second-order valence-electron chi connectivity index (χ2n) is 1.50. The van der Waals surface area contributed by atoms with Crippen molar-refractivity contribution in [2.75, 3.05) is 0 Å². The summed E-state index contributed by atoms with van der Waals surface area (Å²) in [5, 5.41) is 0. The smallest absolute Gasteiger partial charge is 0.323 e. The van der Waals surface area contributed by atoms with Crippen molar-refractivity contribution < 1.29 is 18.9 Å². The maximum absolute atomic E-state index is 2.08. The zero-order valence-electron chi connectivity index (χ0n) is 4.91. The van der Waals surface area contributed by atoms with Crippen molar-refractivity contribution in [1.82, 2.24) is 0 Å². The molecule has 0 unspecified atom stereocenters. The average Bonchev–Trinajstić information content (AvgIpc) is 0.811. The molecule has 0 spiro atoms. The van der Waals surface area contributed by atoms with E-state index in [9.17, 15) is 0 Å². The molecule has 2 heteroatoms. The van der Waals surface area contributed by atoms with E-state index in [2.05, 4.69) is 20.8 Å². The minimum absolute atomic E-state index is 0. The van der Waals surface area contributed by atoms with E-state index in [1.165, 1.54) is 5.92 Å². The number of rotatable bonds is 0. The second kappa shape index (κ2) is 9.31. The molecule has 0 bridgehead atoms. The molecule has 0 aromatic rings. The Labute approximate surface area is 58.3 Å². The average molecular weight is 101 g/mol. The first-order chi connectivity index (χ1) is 1.73. The van der Waals surface area contributed by atoms with Crippen LogP contribution in [0.4, 0.5) is 0 Å². The summed E-state index contributed by atoms with van der Waals surface area (Å²) < 4.78 is 0. The molecule has 0 rings (SSSR count). The van der Waals surface area contributed by atoms with Crippen LogP contribution in [0.1, 0.15) is 20.8 Å². The summed E-state index contributed by atoms with van der Waals surface area (Å²) >= 11 is 0. The maximum Gasteiger partial charge on any atom is 1.00 e. The molecule has 0 heterocycles. The van der Waals surface area contributed by atoms with Gasteiger partial charge in [0, 0.05) is 0 Å². The van der Waals surface area contributed by atoms with Gasteiger partial charge in [-0.25, -0.2) is 0 Å². The van der Waals surface area contributed by atoms with Crippen LogP contribution in [0, 0.1) is 5.92 Å². The summed E-state index contributed by atoms with van der Waals surface area (Å²) in [5.41, 5.74) is 0. The van der Waals surface area contributed by atoms with E-state index in [1.54, 1.807) is 0 Å². The normalized spacial score (nSPS) is 6.00. The fraction of sp³-hybridized carbons (Fsp3) is 0.750. The van der Waals surface area contributed by atoms with Crippen LogP contribution in [0.25, 0.3) is 0 Å². The summed E-state index contributed by atoms with van der Waals surface area (Å²) in [4.78, 5) is 0. The minimum atomic E-state index is 0. The van der Waals surface area contributed by atoms with E-state index in [1.807, 2.05) is 0 Å². The van der Waals surface area contributed by atoms with Gasteiger partial charge in [-0.15, -0.1) is 12.4 Å². The van der Waals surface area contributed by atoms with Crippen LogP contribution in [0.3, 0.4) is 0 Å². The van der Waals surface area contributed by atoms with Gasteiger partial charge in [0.15, 0.2) is 0 Å². The minimum Gasteiger partial charge on any atom is -0.323 e. The summed E-state index contributed by atoms with van der Waals surface area (Å²) in [6.07, 6.45) is 0. The number of halogens is 1. The quantitative estimate of drug-likeness (QED) is 0.272. The van der Waals surface area contributed by atoms with Crippen LogP contribution < -0.4 is 18.9 Å². The molecule has 0 saturated heterocycles. The van der Waals surface area contributed by atoms with Gasteiger partial charge in [0.25, 0.3) is 0 Å². The molecule has 0 aromatic heterocycles. The zero-order chi connectivity index (χ0) is 3.58. The van der Waals surface area contributed by atoms with Crippen molar-refractivity contribution in [3.63, 3.8) is 0 Å². The monoisotopic (exact) mass is 100 g/mol. The van der Waals surface area contributed by atoms with Gasteiger partial charge in [-0.1, -0.05) is 0 Å². The van der Waals surface area contributed by atoms with E-state index in [0.717, 1.165) is 0 Å². The summed E-state index contributed by atoms with van der Waals surface area (Å²) in [7, 11) is 0. The Hall–Kier alpha value is 0.887. The van der Waals surface area contributed by atoms with Crippen molar-refractivity contribution in [1.29, 1.82) is 0 Å². The SMILES string of the molecule is C[C-](C)C.Cl.[Li+]. The van der Waals surface area contributed by atoms with E-state index in [-0.39, 0.29) is 31.3 Å². The topological polar surface area (TPSA) is 0 Å². The molecule has 6 heavy (non-hydrogen) atoms. The third-order valence-electron chi connectivity index (χ3n) is 0. The van der Waals surface area contributed by atoms with Gasteiger partial charge in [0.1, 0.15) is 0 Å². The van der Waals surface area contributed by atoms with Crippen LogP contribution in [0.2, 0.25) is 0 Å². The molecule has 34 valence electrons. The standard InChI is InChI=1S/C4H9.ClH.Li/c1-4(2)3;;/h1-3H3;1H;/q-1;;+1. The Balaban J connectivity index is -0.0000000450. The fourth-order valence-corrected chi connectivity index (χ4v) is 0. The first-order valence-corrected chi connectivity index (χ1v) is 1.50. The molecule has 0 radical (unpaired) electrons. The van der Waals surface area contributed by atoms with E-state index >= 15 is 0 Å². The van der Waals surface area contributed by atoms with Crippen LogP contribution in [-0.2, 0) is 0 Å². The molecule has 0 amide bonds. The molecule has 0 aromatic carbocycles. The maximum atomic E-state index is 2.08. The van der Waals surface area contributed by atoms with Crippen LogP contribution >= 0.6 is 12.4 Å². The third kappa shape index (κ3) is 93.8. The van der Waals surface area contributed by atoms with Gasteiger partial charge in [-0.2, -0.15) is 20.8 Å². The van der Waals surface area contributed by atoms with E-state index in [4.69, 9.17) is 0 Å². The number of hydrogen-bond donors (Lipinski definition) is 0. The van der Waals surface area contributed by atoms with Crippen molar-refractivity contribution in [2.45, 2.75) is 20.8 Å².